The molecule has 0 aliphatic rings. The van der Waals surface area contributed by atoms with Crippen molar-refractivity contribution in [2.45, 2.75) is 52.7 Å². The van der Waals surface area contributed by atoms with Gasteiger partial charge in [-0.15, -0.1) is 0 Å². The summed E-state index contributed by atoms with van der Waals surface area (Å²) in [7, 11) is -3.77. The first-order valence-electron chi connectivity index (χ1n) is 10.8. The number of rotatable bonds is 10. The third kappa shape index (κ3) is 7.75. The Morgan fingerprint density at radius 1 is 1.09 bits per heavy atom. The van der Waals surface area contributed by atoms with Crippen molar-refractivity contribution in [3.8, 4) is 0 Å². The summed E-state index contributed by atoms with van der Waals surface area (Å²) in [6, 6.07) is 13.0. The van der Waals surface area contributed by atoms with Crippen LogP contribution < -0.4 is 9.62 Å². The summed E-state index contributed by atoms with van der Waals surface area (Å²) in [6.45, 7) is 7.19. The highest BCUT2D eigenvalue weighted by Gasteiger charge is 2.30. The van der Waals surface area contributed by atoms with Gasteiger partial charge in [0.25, 0.3) is 0 Å². The highest BCUT2D eigenvalue weighted by Crippen LogP contribution is 2.21. The Hall–Kier alpha value is -2.58. The lowest BCUT2D eigenvalue weighted by atomic mass is 10.1. The fourth-order valence-electron chi connectivity index (χ4n) is 3.28. The predicted molar refractivity (Wildman–Crippen MR) is 133 cm³/mol. The van der Waals surface area contributed by atoms with Crippen LogP contribution in [0.2, 0.25) is 5.02 Å². The summed E-state index contributed by atoms with van der Waals surface area (Å²) in [6.07, 6.45) is 1.79. The van der Waals surface area contributed by atoms with E-state index in [1.165, 1.54) is 4.90 Å². The van der Waals surface area contributed by atoms with E-state index >= 15 is 0 Å². The molecule has 0 unspecified atom stereocenters. The second-order valence-electron chi connectivity index (χ2n) is 8.25. The fourth-order valence-corrected chi connectivity index (χ4v) is 4.25. The number of sulfonamides is 1. The van der Waals surface area contributed by atoms with Crippen molar-refractivity contribution < 1.29 is 18.0 Å². The van der Waals surface area contributed by atoms with Gasteiger partial charge in [-0.25, -0.2) is 8.42 Å². The molecule has 0 aromatic heterocycles. The molecular weight excluding hydrogens is 462 g/mol. The van der Waals surface area contributed by atoms with E-state index in [-0.39, 0.29) is 18.5 Å². The lowest BCUT2D eigenvalue weighted by Gasteiger charge is -2.32. The van der Waals surface area contributed by atoms with Crippen LogP contribution in [-0.4, -0.2) is 50.0 Å². The van der Waals surface area contributed by atoms with Crippen LogP contribution >= 0.6 is 11.6 Å². The Labute approximate surface area is 201 Å². The van der Waals surface area contributed by atoms with Crippen LogP contribution in [0.5, 0.6) is 0 Å². The summed E-state index contributed by atoms with van der Waals surface area (Å²) in [5.41, 5.74) is 2.20. The molecule has 1 N–H and O–H groups in total. The predicted octanol–water partition coefficient (Wildman–Crippen LogP) is 3.75. The Bertz CT molecular complexity index is 1070. The van der Waals surface area contributed by atoms with Gasteiger partial charge in [0.1, 0.15) is 12.6 Å². The molecule has 33 heavy (non-hydrogen) atoms. The van der Waals surface area contributed by atoms with Crippen molar-refractivity contribution in [3.63, 3.8) is 0 Å². The zero-order chi connectivity index (χ0) is 24.8. The van der Waals surface area contributed by atoms with Crippen molar-refractivity contribution >= 4 is 39.1 Å². The van der Waals surface area contributed by atoms with E-state index in [1.807, 2.05) is 45.0 Å². The molecule has 0 saturated carbocycles. The van der Waals surface area contributed by atoms with Gasteiger partial charge in [-0.05, 0) is 57.0 Å². The maximum Gasteiger partial charge on any atom is 0.244 e. The molecule has 0 aliphatic heterocycles. The van der Waals surface area contributed by atoms with Crippen LogP contribution in [-0.2, 0) is 26.2 Å². The first-order chi connectivity index (χ1) is 15.4. The van der Waals surface area contributed by atoms with Gasteiger partial charge in [-0.1, -0.05) is 48.4 Å². The molecule has 2 aromatic carbocycles. The Morgan fingerprint density at radius 2 is 1.73 bits per heavy atom. The molecule has 2 aromatic rings. The topological polar surface area (TPSA) is 86.8 Å². The Morgan fingerprint density at radius 3 is 2.27 bits per heavy atom. The minimum absolute atomic E-state index is 0.0440. The number of halogens is 1. The minimum Gasteiger partial charge on any atom is -0.352 e. The van der Waals surface area contributed by atoms with Gasteiger partial charge < -0.3 is 10.2 Å². The molecule has 7 nitrogen and oxygen atoms in total. The molecule has 0 bridgehead atoms. The normalized spacial score (nSPS) is 13.2. The van der Waals surface area contributed by atoms with Crippen molar-refractivity contribution in [2.75, 3.05) is 17.1 Å². The number of nitrogens with zero attached hydrogens (tertiary/aromatic N) is 2. The van der Waals surface area contributed by atoms with E-state index in [0.29, 0.717) is 10.7 Å². The number of carbonyl (C=O) groups excluding carboxylic acids is 2. The summed E-state index contributed by atoms with van der Waals surface area (Å²) >= 11 is 5.93. The van der Waals surface area contributed by atoms with Gasteiger partial charge in [-0.2, -0.15) is 0 Å². The molecule has 0 fully saturated rings. The number of hydrogen-bond acceptors (Lipinski definition) is 4. The van der Waals surface area contributed by atoms with Crippen molar-refractivity contribution in [2.24, 2.45) is 0 Å². The SMILES string of the molecule is CC[C@@H](C)NC(=O)[C@H](C)N(Cc1cccc(C)c1)C(=O)CN(c1ccc(Cl)cc1)S(C)(=O)=O. The molecule has 0 heterocycles. The molecule has 2 rings (SSSR count). The van der Waals surface area contributed by atoms with E-state index in [2.05, 4.69) is 5.32 Å². The summed E-state index contributed by atoms with van der Waals surface area (Å²) < 4.78 is 26.0. The van der Waals surface area contributed by atoms with Crippen molar-refractivity contribution in [1.29, 1.82) is 0 Å². The highest BCUT2D eigenvalue weighted by molar-refractivity contribution is 7.92. The molecule has 9 heteroatoms. The Kier molecular flexibility index (Phi) is 9.31. The number of amides is 2. The largest absolute Gasteiger partial charge is 0.352 e. The molecule has 2 amide bonds. The lowest BCUT2D eigenvalue weighted by molar-refractivity contribution is -0.139. The Balaban J connectivity index is 2.37. The van der Waals surface area contributed by atoms with Crippen LogP contribution in [0.15, 0.2) is 48.5 Å². The standard InChI is InChI=1S/C24H32ClN3O4S/c1-6-18(3)26-24(30)19(4)27(15-20-9-7-8-17(2)14-20)23(29)16-28(33(5,31)32)22-12-10-21(25)11-13-22/h7-14,18-19H,6,15-16H2,1-5H3,(H,26,30)/t18-,19+/m1/s1. The van der Waals surface area contributed by atoms with Crippen LogP contribution in [0.25, 0.3) is 0 Å². The molecule has 0 spiro atoms. The third-order valence-electron chi connectivity index (χ3n) is 5.40. The number of anilines is 1. The number of carbonyl (C=O) groups is 2. The monoisotopic (exact) mass is 493 g/mol. The zero-order valence-electron chi connectivity index (χ0n) is 19.7. The molecule has 0 radical (unpaired) electrons. The number of aryl methyl sites for hydroxylation is 1. The van der Waals surface area contributed by atoms with Crippen LogP contribution in [0.3, 0.4) is 0 Å². The second kappa shape index (κ2) is 11.5. The molecule has 0 saturated heterocycles. The molecule has 2 atom stereocenters. The van der Waals surface area contributed by atoms with Crippen LogP contribution in [0, 0.1) is 6.92 Å². The van der Waals surface area contributed by atoms with Crippen LogP contribution in [0.4, 0.5) is 5.69 Å². The third-order valence-corrected chi connectivity index (χ3v) is 6.79. The van der Waals surface area contributed by atoms with E-state index in [4.69, 9.17) is 11.6 Å². The molecule has 0 aliphatic carbocycles. The first kappa shape index (κ1) is 26.7. The maximum absolute atomic E-state index is 13.4. The van der Waals surface area contributed by atoms with E-state index in [9.17, 15) is 18.0 Å². The maximum atomic E-state index is 13.4. The number of benzene rings is 2. The second-order valence-corrected chi connectivity index (χ2v) is 10.6. The van der Waals surface area contributed by atoms with Crippen molar-refractivity contribution in [3.05, 3.63) is 64.7 Å². The van der Waals surface area contributed by atoms with E-state index in [1.54, 1.807) is 31.2 Å². The lowest BCUT2D eigenvalue weighted by Crippen LogP contribution is -2.52. The average Bonchev–Trinajstić information content (AvgIpc) is 2.75. The van der Waals surface area contributed by atoms with Crippen molar-refractivity contribution in [1.82, 2.24) is 10.2 Å². The summed E-state index contributed by atoms with van der Waals surface area (Å²) in [5.74, 6) is -0.772. The average molecular weight is 494 g/mol. The number of nitrogens with one attached hydrogen (secondary N) is 1. The van der Waals surface area contributed by atoms with E-state index < -0.39 is 28.5 Å². The minimum atomic E-state index is -3.77. The summed E-state index contributed by atoms with van der Waals surface area (Å²) in [5, 5.41) is 3.36. The van der Waals surface area contributed by atoms with Gasteiger partial charge in [0.15, 0.2) is 0 Å². The summed E-state index contributed by atoms with van der Waals surface area (Å²) in [4.78, 5) is 27.7. The highest BCUT2D eigenvalue weighted by atomic mass is 35.5. The fraction of sp³-hybridized carbons (Fsp3) is 0.417. The van der Waals surface area contributed by atoms with Gasteiger partial charge in [0.2, 0.25) is 21.8 Å². The van der Waals surface area contributed by atoms with Gasteiger partial charge in [-0.3, -0.25) is 13.9 Å². The smallest absolute Gasteiger partial charge is 0.244 e. The van der Waals surface area contributed by atoms with E-state index in [0.717, 1.165) is 28.1 Å². The molecule has 180 valence electrons. The van der Waals surface area contributed by atoms with Gasteiger partial charge >= 0.3 is 0 Å². The number of hydrogen-bond donors (Lipinski definition) is 1. The zero-order valence-corrected chi connectivity index (χ0v) is 21.3. The quantitative estimate of drug-likeness (QED) is 0.546. The van der Waals surface area contributed by atoms with Crippen LogP contribution in [0.1, 0.15) is 38.3 Å². The first-order valence-corrected chi connectivity index (χ1v) is 13.0. The van der Waals surface area contributed by atoms with Gasteiger partial charge in [0.05, 0.1) is 11.9 Å². The van der Waals surface area contributed by atoms with Gasteiger partial charge in [0, 0.05) is 17.6 Å². The molecular formula is C24H32ClN3O4S.